The normalized spacial score (nSPS) is 12.2. The van der Waals surface area contributed by atoms with Crippen molar-refractivity contribution in [3.05, 3.63) is 59.8 Å². The summed E-state index contributed by atoms with van der Waals surface area (Å²) in [5.41, 5.74) is 9.76. The number of rotatable bonds is 5. The molecule has 7 nitrogen and oxygen atoms in total. The van der Waals surface area contributed by atoms with Gasteiger partial charge in [-0.05, 0) is 54.6 Å². The standard InChI is InChI=1S/C20H22N6O/c1-13(15-7-8-17-18(10-15)25-26-19(17)21)11-23-20(22-2)24-12-14-5-4-6-16(9-14)27-3/h4-11H,2,12H2,1,3H3,(H,23,24)(H3,21,25,26)/b13-11+. The van der Waals surface area contributed by atoms with Crippen LogP contribution in [0.5, 0.6) is 5.75 Å². The molecule has 1 aromatic heterocycles. The van der Waals surface area contributed by atoms with Gasteiger partial charge in [-0.15, -0.1) is 0 Å². The molecule has 7 heteroatoms. The van der Waals surface area contributed by atoms with Crippen LogP contribution in [0.4, 0.5) is 5.82 Å². The molecular weight excluding hydrogens is 340 g/mol. The summed E-state index contributed by atoms with van der Waals surface area (Å²) in [7, 11) is 1.65. The molecule has 0 aliphatic heterocycles. The first-order chi connectivity index (χ1) is 13.1. The van der Waals surface area contributed by atoms with Crippen LogP contribution in [0.2, 0.25) is 0 Å². The van der Waals surface area contributed by atoms with Crippen molar-refractivity contribution >= 4 is 35.0 Å². The number of nitrogens with zero attached hydrogens (tertiary/aromatic N) is 3. The largest absolute Gasteiger partial charge is 0.497 e. The summed E-state index contributed by atoms with van der Waals surface area (Å²) >= 11 is 0. The lowest BCUT2D eigenvalue weighted by molar-refractivity contribution is 0.414. The first kappa shape index (κ1) is 18.2. The number of hydrogen-bond acceptors (Lipinski definition) is 4. The van der Waals surface area contributed by atoms with Gasteiger partial charge in [-0.1, -0.05) is 18.2 Å². The Kier molecular flexibility index (Phi) is 5.51. The number of guanidine groups is 1. The Morgan fingerprint density at radius 1 is 1.33 bits per heavy atom. The third-order valence-corrected chi connectivity index (χ3v) is 4.16. The van der Waals surface area contributed by atoms with Gasteiger partial charge in [0.1, 0.15) is 5.75 Å². The molecule has 3 aromatic rings. The summed E-state index contributed by atoms with van der Waals surface area (Å²) in [6, 6.07) is 13.7. The summed E-state index contributed by atoms with van der Waals surface area (Å²) < 4.78 is 5.23. The predicted molar refractivity (Wildman–Crippen MR) is 111 cm³/mol. The average Bonchev–Trinajstić information content (AvgIpc) is 3.08. The van der Waals surface area contributed by atoms with Crippen molar-refractivity contribution in [2.75, 3.05) is 12.8 Å². The number of H-pyrrole nitrogens is 1. The fourth-order valence-electron chi connectivity index (χ4n) is 2.62. The number of nitrogens with two attached hydrogens (primary N) is 1. The number of allylic oxidation sites excluding steroid dienone is 1. The first-order valence-corrected chi connectivity index (χ1v) is 8.43. The fraction of sp³-hybridized carbons (Fsp3) is 0.150. The summed E-state index contributed by atoms with van der Waals surface area (Å²) in [5.74, 6) is 1.75. The van der Waals surface area contributed by atoms with E-state index in [9.17, 15) is 0 Å². The van der Waals surface area contributed by atoms with Gasteiger partial charge < -0.3 is 15.8 Å². The van der Waals surface area contributed by atoms with Crippen LogP contribution < -0.4 is 15.8 Å². The molecule has 0 fully saturated rings. The maximum Gasteiger partial charge on any atom is 0.222 e. The van der Waals surface area contributed by atoms with Gasteiger partial charge in [0.2, 0.25) is 5.96 Å². The number of nitrogen functional groups attached to an aromatic ring is 1. The molecule has 27 heavy (non-hydrogen) atoms. The number of benzene rings is 2. The second kappa shape index (κ2) is 8.18. The van der Waals surface area contributed by atoms with E-state index in [1.807, 2.05) is 49.4 Å². The van der Waals surface area contributed by atoms with Gasteiger partial charge in [0.15, 0.2) is 5.82 Å². The van der Waals surface area contributed by atoms with Crippen molar-refractivity contribution in [2.45, 2.75) is 13.5 Å². The maximum absolute atomic E-state index is 5.80. The number of aromatic amines is 1. The Morgan fingerprint density at radius 2 is 2.19 bits per heavy atom. The third kappa shape index (κ3) is 4.33. The van der Waals surface area contributed by atoms with Gasteiger partial charge in [-0.25, -0.2) is 9.98 Å². The lowest BCUT2D eigenvalue weighted by Gasteiger charge is -2.07. The smallest absolute Gasteiger partial charge is 0.222 e. The number of nitrogens with one attached hydrogen (secondary N) is 2. The molecule has 0 unspecified atom stereocenters. The van der Waals surface area contributed by atoms with E-state index in [0.717, 1.165) is 33.4 Å². The van der Waals surface area contributed by atoms with Crippen LogP contribution in [0, 0.1) is 0 Å². The number of methoxy groups -OCH3 is 1. The number of aromatic nitrogens is 2. The lowest BCUT2D eigenvalue weighted by Crippen LogP contribution is -2.20. The molecule has 0 bridgehead atoms. The van der Waals surface area contributed by atoms with Crippen LogP contribution >= 0.6 is 0 Å². The van der Waals surface area contributed by atoms with Crippen LogP contribution in [0.1, 0.15) is 18.1 Å². The molecule has 1 heterocycles. The van der Waals surface area contributed by atoms with Crippen LogP contribution in [-0.2, 0) is 6.54 Å². The van der Waals surface area contributed by atoms with E-state index in [2.05, 4.69) is 32.2 Å². The quantitative estimate of drug-likeness (QED) is 0.478. The van der Waals surface area contributed by atoms with E-state index in [4.69, 9.17) is 10.5 Å². The molecule has 0 spiro atoms. The monoisotopic (exact) mass is 362 g/mol. The van der Waals surface area contributed by atoms with Gasteiger partial charge in [0, 0.05) is 18.1 Å². The lowest BCUT2D eigenvalue weighted by atomic mass is 10.1. The van der Waals surface area contributed by atoms with Crippen LogP contribution in [0.3, 0.4) is 0 Å². The van der Waals surface area contributed by atoms with Crippen molar-refractivity contribution in [1.82, 2.24) is 15.5 Å². The zero-order chi connectivity index (χ0) is 19.2. The van der Waals surface area contributed by atoms with E-state index in [1.54, 1.807) is 13.3 Å². The number of ether oxygens (including phenoxy) is 1. The molecule has 0 radical (unpaired) electrons. The molecule has 3 rings (SSSR count). The van der Waals surface area contributed by atoms with Crippen molar-refractivity contribution in [2.24, 2.45) is 9.98 Å². The number of aliphatic imine (C=N–C) groups is 2. The minimum atomic E-state index is 0.448. The fourth-order valence-corrected chi connectivity index (χ4v) is 2.62. The molecule has 0 saturated heterocycles. The highest BCUT2D eigenvalue weighted by molar-refractivity contribution is 5.91. The molecule has 4 N–H and O–H groups in total. The highest BCUT2D eigenvalue weighted by Gasteiger charge is 2.04. The molecule has 0 aliphatic carbocycles. The maximum atomic E-state index is 5.80. The van der Waals surface area contributed by atoms with Gasteiger partial charge in [0.05, 0.1) is 12.6 Å². The van der Waals surface area contributed by atoms with E-state index >= 15 is 0 Å². The van der Waals surface area contributed by atoms with Gasteiger partial charge in [-0.3, -0.25) is 5.10 Å². The summed E-state index contributed by atoms with van der Waals surface area (Å²) in [5, 5.41) is 11.0. The van der Waals surface area contributed by atoms with E-state index in [1.165, 1.54) is 0 Å². The van der Waals surface area contributed by atoms with Gasteiger partial charge in [-0.2, -0.15) is 5.10 Å². The van der Waals surface area contributed by atoms with Crippen LogP contribution in [0.25, 0.3) is 16.5 Å². The Labute approximate surface area is 157 Å². The topological polar surface area (TPSA) is 101 Å². The van der Waals surface area contributed by atoms with Gasteiger partial charge in [0.25, 0.3) is 0 Å². The Hall–Kier alpha value is -3.61. The van der Waals surface area contributed by atoms with E-state index in [-0.39, 0.29) is 0 Å². The molecule has 0 aliphatic rings. The van der Waals surface area contributed by atoms with Crippen LogP contribution in [0.15, 0.2) is 58.6 Å². The second-order valence-electron chi connectivity index (χ2n) is 6.00. The molecule has 0 atom stereocenters. The highest BCUT2D eigenvalue weighted by atomic mass is 16.5. The predicted octanol–water partition coefficient (Wildman–Crippen LogP) is 3.36. The molecule has 0 amide bonds. The minimum absolute atomic E-state index is 0.448. The number of fused-ring (bicyclic) bond motifs is 1. The van der Waals surface area contributed by atoms with Crippen molar-refractivity contribution in [3.8, 4) is 5.75 Å². The van der Waals surface area contributed by atoms with E-state index < -0.39 is 0 Å². The Balaban J connectivity index is 1.72. The first-order valence-electron chi connectivity index (χ1n) is 8.43. The summed E-state index contributed by atoms with van der Waals surface area (Å²) in [4.78, 5) is 8.34. The van der Waals surface area contributed by atoms with Crippen molar-refractivity contribution < 1.29 is 4.74 Å². The average molecular weight is 362 g/mol. The zero-order valence-corrected chi connectivity index (χ0v) is 15.4. The summed E-state index contributed by atoms with van der Waals surface area (Å²) in [6.45, 7) is 6.13. The molecule has 0 saturated carbocycles. The summed E-state index contributed by atoms with van der Waals surface area (Å²) in [6.07, 6.45) is 1.75. The van der Waals surface area contributed by atoms with Crippen LogP contribution in [-0.4, -0.2) is 30.0 Å². The number of hydrogen-bond donors (Lipinski definition) is 3. The SMILES string of the molecule is C=N/C(=N\C=C(/C)c1ccc2c(N)n[nH]c2c1)NCc1cccc(OC)c1. The van der Waals surface area contributed by atoms with E-state index in [0.29, 0.717) is 18.3 Å². The van der Waals surface area contributed by atoms with Crippen molar-refractivity contribution in [1.29, 1.82) is 0 Å². The molecule has 2 aromatic carbocycles. The number of anilines is 1. The molecular formula is C20H22N6O. The Bertz CT molecular complexity index is 1020. The second-order valence-corrected chi connectivity index (χ2v) is 6.00. The molecule has 138 valence electrons. The zero-order valence-electron chi connectivity index (χ0n) is 15.4. The Morgan fingerprint density at radius 3 is 2.96 bits per heavy atom. The third-order valence-electron chi connectivity index (χ3n) is 4.16. The van der Waals surface area contributed by atoms with Gasteiger partial charge >= 0.3 is 0 Å². The van der Waals surface area contributed by atoms with Crippen molar-refractivity contribution in [3.63, 3.8) is 0 Å². The minimum Gasteiger partial charge on any atom is -0.497 e. The highest BCUT2D eigenvalue weighted by Crippen LogP contribution is 2.22.